The van der Waals surface area contributed by atoms with Crippen molar-refractivity contribution < 1.29 is 4.74 Å². The quantitative estimate of drug-likeness (QED) is 0.742. The molecule has 0 atom stereocenters. The second-order valence-electron chi connectivity index (χ2n) is 5.86. The lowest BCUT2D eigenvalue weighted by atomic mass is 10.1. The minimum absolute atomic E-state index is 0.606. The SMILES string of the molecule is COc1nc2nc(CC3CC3)n(C)c2cc1-c1ccncc1. The Kier molecular flexibility index (Phi) is 3.06. The van der Waals surface area contributed by atoms with Crippen molar-refractivity contribution in [3.63, 3.8) is 0 Å². The number of imidazole rings is 1. The Morgan fingerprint density at radius 3 is 2.68 bits per heavy atom. The highest BCUT2D eigenvalue weighted by atomic mass is 16.5. The molecule has 1 aliphatic rings. The number of hydrogen-bond acceptors (Lipinski definition) is 4. The normalized spacial score (nSPS) is 14.5. The highest BCUT2D eigenvalue weighted by molar-refractivity contribution is 5.82. The molecule has 3 heterocycles. The molecule has 4 rings (SSSR count). The minimum atomic E-state index is 0.606. The molecule has 0 saturated heterocycles. The zero-order valence-corrected chi connectivity index (χ0v) is 12.8. The fourth-order valence-corrected chi connectivity index (χ4v) is 2.80. The van der Waals surface area contributed by atoms with Gasteiger partial charge in [0.1, 0.15) is 5.82 Å². The maximum absolute atomic E-state index is 5.47. The van der Waals surface area contributed by atoms with Crippen LogP contribution in [-0.2, 0) is 13.5 Å². The van der Waals surface area contributed by atoms with Crippen LogP contribution in [0.25, 0.3) is 22.3 Å². The molecule has 1 saturated carbocycles. The van der Waals surface area contributed by atoms with Crippen molar-refractivity contribution in [1.82, 2.24) is 19.5 Å². The monoisotopic (exact) mass is 294 g/mol. The molecule has 0 radical (unpaired) electrons. The van der Waals surface area contributed by atoms with Crippen LogP contribution in [0.1, 0.15) is 18.7 Å². The highest BCUT2D eigenvalue weighted by Gasteiger charge is 2.24. The number of fused-ring (bicyclic) bond motifs is 1. The van der Waals surface area contributed by atoms with Crippen LogP contribution in [-0.4, -0.2) is 26.6 Å². The van der Waals surface area contributed by atoms with Gasteiger partial charge in [0.15, 0.2) is 5.65 Å². The lowest BCUT2D eigenvalue weighted by Gasteiger charge is -2.08. The van der Waals surface area contributed by atoms with E-state index in [0.29, 0.717) is 5.88 Å². The molecule has 22 heavy (non-hydrogen) atoms. The summed E-state index contributed by atoms with van der Waals surface area (Å²) >= 11 is 0. The number of methoxy groups -OCH3 is 1. The van der Waals surface area contributed by atoms with Crippen molar-refractivity contribution in [2.45, 2.75) is 19.3 Å². The smallest absolute Gasteiger partial charge is 0.223 e. The van der Waals surface area contributed by atoms with Gasteiger partial charge in [-0.25, -0.2) is 4.98 Å². The molecule has 0 N–H and O–H groups in total. The first kappa shape index (κ1) is 13.2. The van der Waals surface area contributed by atoms with Crippen LogP contribution in [0.15, 0.2) is 30.6 Å². The Morgan fingerprint density at radius 2 is 2.00 bits per heavy atom. The number of nitrogens with zero attached hydrogens (tertiary/aromatic N) is 4. The summed E-state index contributed by atoms with van der Waals surface area (Å²) in [7, 11) is 3.71. The number of aromatic nitrogens is 4. The number of hydrogen-bond donors (Lipinski definition) is 0. The number of ether oxygens (including phenoxy) is 1. The molecule has 3 aromatic rings. The van der Waals surface area contributed by atoms with E-state index in [2.05, 4.69) is 27.6 Å². The van der Waals surface area contributed by atoms with Gasteiger partial charge in [0.05, 0.1) is 12.6 Å². The maximum Gasteiger partial charge on any atom is 0.223 e. The van der Waals surface area contributed by atoms with E-state index in [1.54, 1.807) is 19.5 Å². The average molecular weight is 294 g/mol. The summed E-state index contributed by atoms with van der Waals surface area (Å²) in [4.78, 5) is 13.4. The molecule has 0 aromatic carbocycles. The third-order valence-corrected chi connectivity index (χ3v) is 4.28. The number of pyridine rings is 2. The van der Waals surface area contributed by atoms with Gasteiger partial charge in [-0.15, -0.1) is 0 Å². The van der Waals surface area contributed by atoms with Gasteiger partial charge in [-0.1, -0.05) is 0 Å². The van der Waals surface area contributed by atoms with Gasteiger partial charge in [0.2, 0.25) is 5.88 Å². The molecule has 1 fully saturated rings. The second kappa shape index (κ2) is 5.09. The molecule has 5 nitrogen and oxygen atoms in total. The molecule has 0 unspecified atom stereocenters. The lowest BCUT2D eigenvalue weighted by Crippen LogP contribution is -1.99. The van der Waals surface area contributed by atoms with E-state index >= 15 is 0 Å². The Hall–Kier alpha value is -2.43. The summed E-state index contributed by atoms with van der Waals surface area (Å²) in [5.74, 6) is 2.52. The molecule has 5 heteroatoms. The van der Waals surface area contributed by atoms with Crippen LogP contribution in [0.4, 0.5) is 0 Å². The molecule has 0 aliphatic heterocycles. The Labute approximate surface area is 129 Å². The predicted molar refractivity (Wildman–Crippen MR) is 84.7 cm³/mol. The van der Waals surface area contributed by atoms with Crippen LogP contribution in [0.5, 0.6) is 5.88 Å². The van der Waals surface area contributed by atoms with Gasteiger partial charge in [0, 0.05) is 31.4 Å². The van der Waals surface area contributed by atoms with Crippen molar-refractivity contribution >= 4 is 11.2 Å². The lowest BCUT2D eigenvalue weighted by molar-refractivity contribution is 0.401. The highest BCUT2D eigenvalue weighted by Crippen LogP contribution is 2.34. The first-order valence-corrected chi connectivity index (χ1v) is 7.57. The van der Waals surface area contributed by atoms with Gasteiger partial charge in [0.25, 0.3) is 0 Å². The number of rotatable bonds is 4. The van der Waals surface area contributed by atoms with Crippen LogP contribution in [0.3, 0.4) is 0 Å². The van der Waals surface area contributed by atoms with E-state index in [1.165, 1.54) is 12.8 Å². The Balaban J connectivity index is 1.87. The Bertz CT molecular complexity index is 822. The predicted octanol–water partition coefficient (Wildman–Crippen LogP) is 2.99. The van der Waals surface area contributed by atoms with Crippen molar-refractivity contribution in [1.29, 1.82) is 0 Å². The maximum atomic E-state index is 5.47. The molecule has 0 bridgehead atoms. The van der Waals surface area contributed by atoms with Gasteiger partial charge in [-0.2, -0.15) is 4.98 Å². The zero-order chi connectivity index (χ0) is 15.1. The van der Waals surface area contributed by atoms with Crippen molar-refractivity contribution in [3.8, 4) is 17.0 Å². The van der Waals surface area contributed by atoms with Gasteiger partial charge in [-0.3, -0.25) is 4.98 Å². The summed E-state index contributed by atoms with van der Waals surface area (Å²) in [6.07, 6.45) is 7.24. The molecular weight excluding hydrogens is 276 g/mol. The van der Waals surface area contributed by atoms with Crippen molar-refractivity contribution in [2.75, 3.05) is 7.11 Å². The van der Waals surface area contributed by atoms with E-state index in [1.807, 2.05) is 12.1 Å². The zero-order valence-electron chi connectivity index (χ0n) is 12.8. The van der Waals surface area contributed by atoms with Gasteiger partial charge < -0.3 is 9.30 Å². The summed E-state index contributed by atoms with van der Waals surface area (Å²) in [5, 5.41) is 0. The molecule has 0 spiro atoms. The molecular formula is C17H18N4O. The molecule has 1 aliphatic carbocycles. The van der Waals surface area contributed by atoms with E-state index in [-0.39, 0.29) is 0 Å². The summed E-state index contributed by atoms with van der Waals surface area (Å²) < 4.78 is 7.63. The summed E-state index contributed by atoms with van der Waals surface area (Å²) in [6, 6.07) is 6.04. The second-order valence-corrected chi connectivity index (χ2v) is 5.86. The van der Waals surface area contributed by atoms with Crippen molar-refractivity contribution in [2.24, 2.45) is 13.0 Å². The fraction of sp³-hybridized carbons (Fsp3) is 0.353. The van der Waals surface area contributed by atoms with Crippen LogP contribution >= 0.6 is 0 Å². The third kappa shape index (κ3) is 2.22. The van der Waals surface area contributed by atoms with E-state index in [9.17, 15) is 0 Å². The van der Waals surface area contributed by atoms with Crippen LogP contribution in [0.2, 0.25) is 0 Å². The van der Waals surface area contributed by atoms with E-state index in [0.717, 1.165) is 40.5 Å². The van der Waals surface area contributed by atoms with Gasteiger partial charge >= 0.3 is 0 Å². The standard InChI is InChI=1S/C17H18N4O/c1-21-14-10-13(12-5-7-18-8-6-12)17(22-2)20-16(14)19-15(21)9-11-3-4-11/h5-8,10-11H,3-4,9H2,1-2H3. The largest absolute Gasteiger partial charge is 0.480 e. The first-order chi connectivity index (χ1) is 10.8. The molecule has 3 aromatic heterocycles. The Morgan fingerprint density at radius 1 is 1.23 bits per heavy atom. The minimum Gasteiger partial charge on any atom is -0.480 e. The van der Waals surface area contributed by atoms with E-state index < -0.39 is 0 Å². The summed E-state index contributed by atoms with van der Waals surface area (Å²) in [6.45, 7) is 0. The molecule has 0 amide bonds. The van der Waals surface area contributed by atoms with Crippen LogP contribution < -0.4 is 4.74 Å². The fourth-order valence-electron chi connectivity index (χ4n) is 2.80. The van der Waals surface area contributed by atoms with Gasteiger partial charge in [-0.05, 0) is 42.5 Å². The van der Waals surface area contributed by atoms with E-state index in [4.69, 9.17) is 9.72 Å². The van der Waals surface area contributed by atoms with Crippen molar-refractivity contribution in [3.05, 3.63) is 36.4 Å². The average Bonchev–Trinajstić information content (AvgIpc) is 3.32. The number of aryl methyl sites for hydroxylation is 1. The topological polar surface area (TPSA) is 52.8 Å². The van der Waals surface area contributed by atoms with Crippen LogP contribution in [0, 0.1) is 5.92 Å². The first-order valence-electron chi connectivity index (χ1n) is 7.57. The molecule has 112 valence electrons. The third-order valence-electron chi connectivity index (χ3n) is 4.28. The summed E-state index contributed by atoms with van der Waals surface area (Å²) in [5.41, 5.74) is 3.82.